The summed E-state index contributed by atoms with van der Waals surface area (Å²) < 4.78 is 5.15. The molecule has 0 bridgehead atoms. The summed E-state index contributed by atoms with van der Waals surface area (Å²) in [6, 6.07) is 4.21. The SMILES string of the molecule is COCCN(c1ccc(N)nn1)C(C)C1CC1. The first-order valence-corrected chi connectivity index (χ1v) is 6.07. The highest BCUT2D eigenvalue weighted by molar-refractivity contribution is 5.42. The van der Waals surface area contributed by atoms with Crippen LogP contribution in [0.25, 0.3) is 0 Å². The van der Waals surface area contributed by atoms with E-state index in [0.717, 1.165) is 18.3 Å². The van der Waals surface area contributed by atoms with Crippen molar-refractivity contribution in [2.24, 2.45) is 5.92 Å². The van der Waals surface area contributed by atoms with Crippen molar-refractivity contribution in [2.75, 3.05) is 30.9 Å². The highest BCUT2D eigenvalue weighted by Crippen LogP contribution is 2.36. The third-order valence-electron chi connectivity index (χ3n) is 3.30. The Hall–Kier alpha value is -1.36. The van der Waals surface area contributed by atoms with Crippen LogP contribution in [0, 0.1) is 5.92 Å². The summed E-state index contributed by atoms with van der Waals surface area (Å²) in [6.45, 7) is 3.78. The summed E-state index contributed by atoms with van der Waals surface area (Å²) in [5, 5.41) is 8.07. The van der Waals surface area contributed by atoms with E-state index in [1.807, 2.05) is 6.07 Å². The minimum Gasteiger partial charge on any atom is -0.383 e. The average molecular weight is 236 g/mol. The lowest BCUT2D eigenvalue weighted by atomic mass is 10.2. The van der Waals surface area contributed by atoms with Gasteiger partial charge in [0.05, 0.1) is 6.61 Å². The third-order valence-corrected chi connectivity index (χ3v) is 3.30. The molecule has 1 aliphatic carbocycles. The monoisotopic (exact) mass is 236 g/mol. The van der Waals surface area contributed by atoms with Gasteiger partial charge in [0.2, 0.25) is 0 Å². The summed E-state index contributed by atoms with van der Waals surface area (Å²) in [6.07, 6.45) is 2.63. The van der Waals surface area contributed by atoms with Crippen LogP contribution in [-0.4, -0.2) is 36.5 Å². The van der Waals surface area contributed by atoms with Crippen LogP contribution in [0.2, 0.25) is 0 Å². The third kappa shape index (κ3) is 3.06. The van der Waals surface area contributed by atoms with Crippen LogP contribution >= 0.6 is 0 Å². The first kappa shape index (κ1) is 12.1. The molecule has 2 N–H and O–H groups in total. The molecule has 1 fully saturated rings. The van der Waals surface area contributed by atoms with Gasteiger partial charge in [0.15, 0.2) is 5.82 Å². The Balaban J connectivity index is 2.10. The Morgan fingerprint density at radius 1 is 1.47 bits per heavy atom. The standard InChI is InChI=1S/C12H20N4O/c1-9(10-3-4-10)16(7-8-17-2)12-6-5-11(13)14-15-12/h5-6,9-10H,3-4,7-8H2,1-2H3,(H2,13,14). The Morgan fingerprint density at radius 2 is 2.24 bits per heavy atom. The molecule has 1 atom stereocenters. The number of nitrogens with zero attached hydrogens (tertiary/aromatic N) is 3. The topological polar surface area (TPSA) is 64.3 Å². The van der Waals surface area contributed by atoms with Crippen molar-refractivity contribution in [2.45, 2.75) is 25.8 Å². The Labute approximate surface area is 102 Å². The lowest BCUT2D eigenvalue weighted by molar-refractivity contribution is 0.202. The number of ether oxygens (including phenoxy) is 1. The van der Waals surface area contributed by atoms with E-state index in [-0.39, 0.29) is 0 Å². The maximum absolute atomic E-state index is 5.56. The van der Waals surface area contributed by atoms with Gasteiger partial charge in [-0.1, -0.05) is 0 Å². The van der Waals surface area contributed by atoms with Crippen LogP contribution in [-0.2, 0) is 4.74 Å². The summed E-state index contributed by atoms with van der Waals surface area (Å²) in [4.78, 5) is 2.26. The van der Waals surface area contributed by atoms with E-state index in [2.05, 4.69) is 22.0 Å². The van der Waals surface area contributed by atoms with Crippen LogP contribution in [0.4, 0.5) is 11.6 Å². The number of anilines is 2. The largest absolute Gasteiger partial charge is 0.383 e. The summed E-state index contributed by atoms with van der Waals surface area (Å²) in [5.74, 6) is 2.13. The molecule has 0 aliphatic heterocycles. The molecule has 1 unspecified atom stereocenters. The van der Waals surface area contributed by atoms with E-state index in [0.29, 0.717) is 18.5 Å². The van der Waals surface area contributed by atoms with Crippen LogP contribution in [0.5, 0.6) is 0 Å². The van der Waals surface area contributed by atoms with Crippen LogP contribution in [0.3, 0.4) is 0 Å². The summed E-state index contributed by atoms with van der Waals surface area (Å²) in [5.41, 5.74) is 5.56. The van der Waals surface area contributed by atoms with Gasteiger partial charge < -0.3 is 15.4 Å². The molecule has 2 rings (SSSR count). The van der Waals surface area contributed by atoms with Gasteiger partial charge in [-0.2, -0.15) is 0 Å². The summed E-state index contributed by atoms with van der Waals surface area (Å²) in [7, 11) is 1.72. The van der Waals surface area contributed by atoms with Gasteiger partial charge in [-0.15, -0.1) is 10.2 Å². The minimum atomic E-state index is 0.458. The number of methoxy groups -OCH3 is 1. The highest BCUT2D eigenvalue weighted by atomic mass is 16.5. The molecule has 1 heterocycles. The number of aromatic nitrogens is 2. The Bertz CT molecular complexity index is 350. The molecule has 94 valence electrons. The lowest BCUT2D eigenvalue weighted by Gasteiger charge is -2.29. The van der Waals surface area contributed by atoms with Crippen molar-refractivity contribution >= 4 is 11.6 Å². The smallest absolute Gasteiger partial charge is 0.151 e. The predicted molar refractivity (Wildman–Crippen MR) is 67.9 cm³/mol. The van der Waals surface area contributed by atoms with Crippen LogP contribution in [0.1, 0.15) is 19.8 Å². The molecule has 0 aromatic carbocycles. The normalized spacial score (nSPS) is 16.8. The highest BCUT2D eigenvalue weighted by Gasteiger charge is 2.32. The molecule has 0 saturated heterocycles. The van der Waals surface area contributed by atoms with Gasteiger partial charge in [0.25, 0.3) is 0 Å². The van der Waals surface area contributed by atoms with Gasteiger partial charge in [-0.3, -0.25) is 0 Å². The second-order valence-electron chi connectivity index (χ2n) is 4.58. The molecule has 1 aromatic heterocycles. The maximum Gasteiger partial charge on any atom is 0.151 e. The molecule has 1 aliphatic rings. The van der Waals surface area contributed by atoms with E-state index in [4.69, 9.17) is 10.5 Å². The Morgan fingerprint density at radius 3 is 2.76 bits per heavy atom. The van der Waals surface area contributed by atoms with Crippen molar-refractivity contribution in [1.82, 2.24) is 10.2 Å². The van der Waals surface area contributed by atoms with E-state index in [9.17, 15) is 0 Å². The van der Waals surface area contributed by atoms with E-state index in [1.54, 1.807) is 13.2 Å². The number of nitrogen functional groups attached to an aromatic ring is 1. The minimum absolute atomic E-state index is 0.458. The van der Waals surface area contributed by atoms with Crippen molar-refractivity contribution < 1.29 is 4.74 Å². The molecule has 0 spiro atoms. The fraction of sp³-hybridized carbons (Fsp3) is 0.667. The fourth-order valence-corrected chi connectivity index (χ4v) is 2.04. The lowest BCUT2D eigenvalue weighted by Crippen LogP contribution is -2.38. The van der Waals surface area contributed by atoms with Crippen molar-refractivity contribution in [3.8, 4) is 0 Å². The quantitative estimate of drug-likeness (QED) is 0.806. The number of rotatable bonds is 6. The molecule has 1 saturated carbocycles. The van der Waals surface area contributed by atoms with E-state index < -0.39 is 0 Å². The zero-order valence-electron chi connectivity index (χ0n) is 10.5. The molecule has 5 nitrogen and oxygen atoms in total. The average Bonchev–Trinajstić information content (AvgIpc) is 3.15. The molecular formula is C12H20N4O. The number of hydrogen-bond acceptors (Lipinski definition) is 5. The van der Waals surface area contributed by atoms with Crippen LogP contribution in [0.15, 0.2) is 12.1 Å². The van der Waals surface area contributed by atoms with Crippen molar-refractivity contribution in [3.63, 3.8) is 0 Å². The molecule has 0 radical (unpaired) electrons. The van der Waals surface area contributed by atoms with Gasteiger partial charge >= 0.3 is 0 Å². The first-order chi connectivity index (χ1) is 8.22. The fourth-order valence-electron chi connectivity index (χ4n) is 2.04. The first-order valence-electron chi connectivity index (χ1n) is 6.07. The zero-order chi connectivity index (χ0) is 12.3. The molecule has 5 heteroatoms. The number of hydrogen-bond donors (Lipinski definition) is 1. The van der Waals surface area contributed by atoms with Gasteiger partial charge in [0.1, 0.15) is 5.82 Å². The summed E-state index contributed by atoms with van der Waals surface area (Å²) >= 11 is 0. The second-order valence-corrected chi connectivity index (χ2v) is 4.58. The predicted octanol–water partition coefficient (Wildman–Crippen LogP) is 1.31. The second kappa shape index (κ2) is 5.31. The van der Waals surface area contributed by atoms with E-state index >= 15 is 0 Å². The Kier molecular flexibility index (Phi) is 3.78. The van der Waals surface area contributed by atoms with E-state index in [1.165, 1.54) is 12.8 Å². The number of nitrogens with two attached hydrogens (primary N) is 1. The van der Waals surface area contributed by atoms with Crippen LogP contribution < -0.4 is 10.6 Å². The van der Waals surface area contributed by atoms with Gasteiger partial charge in [-0.25, -0.2) is 0 Å². The maximum atomic E-state index is 5.56. The molecule has 17 heavy (non-hydrogen) atoms. The van der Waals surface area contributed by atoms with Crippen molar-refractivity contribution in [3.05, 3.63) is 12.1 Å². The molecule has 0 amide bonds. The zero-order valence-corrected chi connectivity index (χ0v) is 10.5. The molecule has 1 aromatic rings. The van der Waals surface area contributed by atoms with Gasteiger partial charge in [0, 0.05) is 19.7 Å². The molecular weight excluding hydrogens is 216 g/mol. The van der Waals surface area contributed by atoms with Gasteiger partial charge in [-0.05, 0) is 37.8 Å². The van der Waals surface area contributed by atoms with Crippen molar-refractivity contribution in [1.29, 1.82) is 0 Å².